The molecule has 0 radical (unpaired) electrons. The summed E-state index contributed by atoms with van der Waals surface area (Å²) in [6.45, 7) is 0. The smallest absolute Gasteiger partial charge is 0.123 e. The number of imidazole rings is 1. The number of hydrogen-bond donors (Lipinski definition) is 2. The van der Waals surface area contributed by atoms with Crippen molar-refractivity contribution in [2.45, 2.75) is 62.8 Å². The molecular formula is C20H26FN3. The van der Waals surface area contributed by atoms with Crippen molar-refractivity contribution < 1.29 is 4.39 Å². The van der Waals surface area contributed by atoms with Crippen LogP contribution in [0.25, 0.3) is 11.3 Å². The predicted octanol–water partition coefficient (Wildman–Crippen LogP) is 4.76. The van der Waals surface area contributed by atoms with E-state index in [0.29, 0.717) is 11.8 Å². The van der Waals surface area contributed by atoms with Gasteiger partial charge in [-0.1, -0.05) is 31.4 Å². The summed E-state index contributed by atoms with van der Waals surface area (Å²) in [5.74, 6) is 1.70. The van der Waals surface area contributed by atoms with Crippen molar-refractivity contribution in [3.8, 4) is 11.3 Å². The lowest BCUT2D eigenvalue weighted by atomic mass is 9.61. The Morgan fingerprint density at radius 3 is 2.62 bits per heavy atom. The average molecular weight is 327 g/mol. The number of nitrogens with two attached hydrogens (primary N) is 1. The molecule has 0 saturated heterocycles. The van der Waals surface area contributed by atoms with Crippen LogP contribution >= 0.6 is 0 Å². The van der Waals surface area contributed by atoms with E-state index in [1.165, 1.54) is 44.6 Å². The lowest BCUT2D eigenvalue weighted by Gasteiger charge is -2.48. The van der Waals surface area contributed by atoms with Crippen LogP contribution in [0.5, 0.6) is 0 Å². The Hall–Kier alpha value is -1.68. The molecule has 0 bridgehead atoms. The molecule has 3 nitrogen and oxygen atoms in total. The van der Waals surface area contributed by atoms with Gasteiger partial charge < -0.3 is 10.7 Å². The molecule has 1 aromatic heterocycles. The molecule has 1 heterocycles. The molecule has 4 rings (SSSR count). The fraction of sp³-hybridized carbons (Fsp3) is 0.550. The van der Waals surface area contributed by atoms with E-state index in [0.717, 1.165) is 29.9 Å². The van der Waals surface area contributed by atoms with Crippen molar-refractivity contribution in [3.05, 3.63) is 42.1 Å². The van der Waals surface area contributed by atoms with Gasteiger partial charge in [0.15, 0.2) is 0 Å². The molecule has 24 heavy (non-hydrogen) atoms. The first-order valence-electron chi connectivity index (χ1n) is 9.25. The number of nitrogens with one attached hydrogen (secondary N) is 1. The molecule has 2 aliphatic carbocycles. The van der Waals surface area contributed by atoms with Crippen LogP contribution in [-0.2, 0) is 0 Å². The second-order valence-electron chi connectivity index (χ2n) is 7.65. The van der Waals surface area contributed by atoms with Gasteiger partial charge in [0.1, 0.15) is 11.6 Å². The normalized spacial score (nSPS) is 22.1. The lowest BCUT2D eigenvalue weighted by molar-refractivity contribution is 0.130. The van der Waals surface area contributed by atoms with Gasteiger partial charge in [0.25, 0.3) is 0 Å². The zero-order chi connectivity index (χ0) is 16.6. The van der Waals surface area contributed by atoms with Gasteiger partial charge in [-0.2, -0.15) is 0 Å². The molecule has 2 aliphatic rings. The number of aromatic nitrogens is 2. The number of hydrogen-bond acceptors (Lipinski definition) is 2. The molecular weight excluding hydrogens is 301 g/mol. The zero-order valence-corrected chi connectivity index (χ0v) is 14.1. The summed E-state index contributed by atoms with van der Waals surface area (Å²) >= 11 is 0. The van der Waals surface area contributed by atoms with Crippen LogP contribution in [0.1, 0.15) is 63.1 Å². The van der Waals surface area contributed by atoms with Gasteiger partial charge in [-0.25, -0.2) is 9.37 Å². The molecule has 1 aromatic carbocycles. The van der Waals surface area contributed by atoms with Crippen LogP contribution in [0.15, 0.2) is 30.5 Å². The van der Waals surface area contributed by atoms with Crippen molar-refractivity contribution in [3.63, 3.8) is 0 Å². The summed E-state index contributed by atoms with van der Waals surface area (Å²) in [5, 5.41) is 0. The van der Waals surface area contributed by atoms with Crippen LogP contribution < -0.4 is 5.73 Å². The van der Waals surface area contributed by atoms with Gasteiger partial charge >= 0.3 is 0 Å². The Balaban J connectivity index is 1.66. The van der Waals surface area contributed by atoms with E-state index in [4.69, 9.17) is 5.73 Å². The highest BCUT2D eigenvalue weighted by Gasteiger charge is 2.46. The summed E-state index contributed by atoms with van der Waals surface area (Å²) in [6, 6.07) is 6.67. The fourth-order valence-electron chi connectivity index (χ4n) is 4.63. The Bertz CT molecular complexity index is 698. The van der Waals surface area contributed by atoms with Crippen LogP contribution in [0.2, 0.25) is 0 Å². The molecule has 0 amide bonds. The zero-order valence-electron chi connectivity index (χ0n) is 14.1. The number of aromatic amines is 1. The van der Waals surface area contributed by atoms with Gasteiger partial charge in [-0.15, -0.1) is 0 Å². The van der Waals surface area contributed by atoms with Crippen LogP contribution in [0, 0.1) is 11.7 Å². The Kier molecular flexibility index (Phi) is 4.17. The lowest BCUT2D eigenvalue weighted by Crippen LogP contribution is -2.54. The topological polar surface area (TPSA) is 54.7 Å². The van der Waals surface area contributed by atoms with E-state index in [-0.39, 0.29) is 11.4 Å². The number of H-pyrrole nitrogens is 1. The maximum Gasteiger partial charge on any atom is 0.123 e. The van der Waals surface area contributed by atoms with E-state index in [1.54, 1.807) is 12.1 Å². The third kappa shape index (κ3) is 2.88. The second-order valence-corrected chi connectivity index (χ2v) is 7.65. The van der Waals surface area contributed by atoms with Crippen molar-refractivity contribution in [2.24, 2.45) is 11.7 Å². The van der Waals surface area contributed by atoms with E-state index in [2.05, 4.69) is 9.97 Å². The van der Waals surface area contributed by atoms with Gasteiger partial charge in [-0.3, -0.25) is 0 Å². The Morgan fingerprint density at radius 2 is 1.96 bits per heavy atom. The Labute approximate surface area is 142 Å². The van der Waals surface area contributed by atoms with Gasteiger partial charge in [0.2, 0.25) is 0 Å². The average Bonchev–Trinajstić information content (AvgIpc) is 3.04. The first-order chi connectivity index (χ1) is 11.7. The minimum Gasteiger partial charge on any atom is -0.342 e. The van der Waals surface area contributed by atoms with Gasteiger partial charge in [0.05, 0.1) is 11.9 Å². The molecule has 0 aliphatic heterocycles. The predicted molar refractivity (Wildman–Crippen MR) is 94.1 cm³/mol. The molecule has 3 N–H and O–H groups in total. The van der Waals surface area contributed by atoms with E-state index in [1.807, 2.05) is 12.3 Å². The number of nitrogens with zero attached hydrogens (tertiary/aromatic N) is 1. The van der Waals surface area contributed by atoms with Crippen molar-refractivity contribution in [1.82, 2.24) is 9.97 Å². The molecule has 0 unspecified atom stereocenters. The van der Waals surface area contributed by atoms with Crippen molar-refractivity contribution in [2.75, 3.05) is 0 Å². The quantitative estimate of drug-likeness (QED) is 0.850. The SMILES string of the molecule is NC1([C@@H](c2ncc(-c3cccc(F)c3)[nH]2)C2CCCCC2)CCC1. The number of rotatable bonds is 4. The molecule has 0 spiro atoms. The van der Waals surface area contributed by atoms with E-state index >= 15 is 0 Å². The van der Waals surface area contributed by atoms with Crippen molar-refractivity contribution in [1.29, 1.82) is 0 Å². The molecule has 2 fully saturated rings. The minimum atomic E-state index is -0.221. The molecule has 128 valence electrons. The summed E-state index contributed by atoms with van der Waals surface area (Å²) in [5.41, 5.74) is 8.38. The van der Waals surface area contributed by atoms with Crippen LogP contribution in [0.4, 0.5) is 4.39 Å². The van der Waals surface area contributed by atoms with E-state index in [9.17, 15) is 4.39 Å². The highest BCUT2D eigenvalue weighted by Crippen LogP contribution is 2.48. The Morgan fingerprint density at radius 1 is 1.17 bits per heavy atom. The summed E-state index contributed by atoms with van der Waals surface area (Å²) < 4.78 is 13.5. The van der Waals surface area contributed by atoms with Gasteiger partial charge in [-0.05, 0) is 50.2 Å². The number of halogens is 1. The van der Waals surface area contributed by atoms with Gasteiger partial charge in [0, 0.05) is 17.0 Å². The first kappa shape index (κ1) is 15.8. The standard InChI is InChI=1S/C20H26FN3/c21-16-9-4-8-15(12-16)17-13-23-19(24-17)18(20(22)10-5-11-20)14-6-2-1-3-7-14/h4,8-9,12-14,18H,1-3,5-7,10-11,22H2,(H,23,24)/t18-/m1/s1. The maximum atomic E-state index is 13.5. The summed E-state index contributed by atoms with van der Waals surface area (Å²) in [6.07, 6.45) is 11.7. The third-order valence-electron chi connectivity index (χ3n) is 6.05. The maximum absolute atomic E-state index is 13.5. The fourth-order valence-corrected chi connectivity index (χ4v) is 4.63. The third-order valence-corrected chi connectivity index (χ3v) is 6.05. The van der Waals surface area contributed by atoms with E-state index < -0.39 is 0 Å². The monoisotopic (exact) mass is 327 g/mol. The first-order valence-corrected chi connectivity index (χ1v) is 9.25. The molecule has 2 saturated carbocycles. The molecule has 2 aromatic rings. The number of benzene rings is 1. The highest BCUT2D eigenvalue weighted by atomic mass is 19.1. The second kappa shape index (κ2) is 6.32. The van der Waals surface area contributed by atoms with Crippen molar-refractivity contribution >= 4 is 0 Å². The largest absolute Gasteiger partial charge is 0.342 e. The molecule has 4 heteroatoms. The molecule has 1 atom stereocenters. The summed E-state index contributed by atoms with van der Waals surface area (Å²) in [4.78, 5) is 8.16. The highest BCUT2D eigenvalue weighted by molar-refractivity contribution is 5.58. The van der Waals surface area contributed by atoms with Crippen LogP contribution in [-0.4, -0.2) is 15.5 Å². The minimum absolute atomic E-state index is 0.112. The summed E-state index contributed by atoms with van der Waals surface area (Å²) in [7, 11) is 0. The van der Waals surface area contributed by atoms with Crippen LogP contribution in [0.3, 0.4) is 0 Å².